The molecule has 1 atom stereocenters. The fourth-order valence-corrected chi connectivity index (χ4v) is 2.76. The van der Waals surface area contributed by atoms with Gasteiger partial charge in [0.15, 0.2) is 5.11 Å². The van der Waals surface area contributed by atoms with Gasteiger partial charge in [-0.3, -0.25) is 4.79 Å². The summed E-state index contributed by atoms with van der Waals surface area (Å²) >= 11 is 5.19. The molecule has 0 fully saturated rings. The Morgan fingerprint density at radius 3 is 2.67 bits per heavy atom. The first kappa shape index (κ1) is 18.1. The van der Waals surface area contributed by atoms with Gasteiger partial charge in [0.1, 0.15) is 5.82 Å². The third kappa shape index (κ3) is 3.79. The molecular formula is C17H19FN2O3S. The van der Waals surface area contributed by atoms with E-state index in [0.29, 0.717) is 16.4 Å². The third-order valence-corrected chi connectivity index (χ3v) is 3.79. The third-order valence-electron chi connectivity index (χ3n) is 3.57. The van der Waals surface area contributed by atoms with Crippen molar-refractivity contribution in [1.29, 1.82) is 0 Å². The van der Waals surface area contributed by atoms with Crippen molar-refractivity contribution in [2.75, 3.05) is 6.61 Å². The van der Waals surface area contributed by atoms with Gasteiger partial charge in [-0.25, -0.2) is 9.18 Å². The van der Waals surface area contributed by atoms with Crippen molar-refractivity contribution >= 4 is 29.1 Å². The van der Waals surface area contributed by atoms with Crippen LogP contribution in [0.1, 0.15) is 32.4 Å². The number of Topliss-reactive ketones (excluding diaryl/α,β-unsaturated/α-hetero) is 1. The molecule has 0 spiro atoms. The number of nitrogens with one attached hydrogen (secondary N) is 2. The summed E-state index contributed by atoms with van der Waals surface area (Å²) in [5.41, 5.74) is 1.23. The summed E-state index contributed by atoms with van der Waals surface area (Å²) in [6, 6.07) is 5.11. The first-order valence-corrected chi connectivity index (χ1v) is 8.04. The van der Waals surface area contributed by atoms with Crippen LogP contribution in [0, 0.1) is 11.7 Å². The van der Waals surface area contributed by atoms with Crippen molar-refractivity contribution in [2.24, 2.45) is 5.92 Å². The van der Waals surface area contributed by atoms with E-state index in [1.54, 1.807) is 19.1 Å². The zero-order chi connectivity index (χ0) is 17.9. The van der Waals surface area contributed by atoms with E-state index in [4.69, 9.17) is 17.0 Å². The number of carbonyl (C=O) groups is 2. The number of hydrogen-bond acceptors (Lipinski definition) is 4. The number of esters is 1. The molecule has 1 heterocycles. The largest absolute Gasteiger partial charge is 0.460 e. The lowest BCUT2D eigenvalue weighted by Crippen LogP contribution is -2.47. The summed E-state index contributed by atoms with van der Waals surface area (Å²) in [5.74, 6) is -2.23. The smallest absolute Gasteiger partial charge is 0.379 e. The van der Waals surface area contributed by atoms with Gasteiger partial charge in [0.05, 0.1) is 18.2 Å². The van der Waals surface area contributed by atoms with Gasteiger partial charge in [-0.2, -0.15) is 0 Å². The van der Waals surface area contributed by atoms with Crippen LogP contribution in [0.25, 0.3) is 0 Å². The van der Waals surface area contributed by atoms with Crippen LogP contribution in [0.3, 0.4) is 0 Å². The van der Waals surface area contributed by atoms with Crippen LogP contribution in [0.2, 0.25) is 0 Å². The van der Waals surface area contributed by atoms with Gasteiger partial charge in [-0.15, -0.1) is 0 Å². The lowest BCUT2D eigenvalue weighted by atomic mass is 9.89. The van der Waals surface area contributed by atoms with Gasteiger partial charge in [-0.1, -0.05) is 26.0 Å². The minimum absolute atomic E-state index is 0.0884. The Labute approximate surface area is 145 Å². The molecular weight excluding hydrogens is 331 g/mol. The quantitative estimate of drug-likeness (QED) is 0.483. The van der Waals surface area contributed by atoms with E-state index in [0.717, 1.165) is 0 Å². The molecule has 24 heavy (non-hydrogen) atoms. The molecule has 7 heteroatoms. The Kier molecular flexibility index (Phi) is 5.66. The minimum Gasteiger partial charge on any atom is -0.460 e. The van der Waals surface area contributed by atoms with Gasteiger partial charge in [0.2, 0.25) is 0 Å². The van der Waals surface area contributed by atoms with Crippen LogP contribution < -0.4 is 10.6 Å². The van der Waals surface area contributed by atoms with Gasteiger partial charge >= 0.3 is 5.97 Å². The monoisotopic (exact) mass is 350 g/mol. The molecule has 1 aromatic carbocycles. The van der Waals surface area contributed by atoms with Crippen molar-refractivity contribution in [2.45, 2.75) is 26.8 Å². The molecule has 0 unspecified atom stereocenters. The molecule has 0 bridgehead atoms. The lowest BCUT2D eigenvalue weighted by molar-refractivity contribution is -0.152. The predicted molar refractivity (Wildman–Crippen MR) is 91.5 cm³/mol. The molecule has 2 N–H and O–H groups in total. The molecule has 1 aromatic rings. The topological polar surface area (TPSA) is 67.4 Å². The van der Waals surface area contributed by atoms with E-state index in [1.165, 1.54) is 12.1 Å². The number of rotatable bonds is 5. The number of ketones is 1. The zero-order valence-corrected chi connectivity index (χ0v) is 14.5. The lowest BCUT2D eigenvalue weighted by Gasteiger charge is -2.32. The van der Waals surface area contributed by atoms with E-state index in [9.17, 15) is 14.0 Å². The highest BCUT2D eigenvalue weighted by atomic mass is 32.1. The molecule has 0 amide bonds. The Bertz CT molecular complexity index is 716. The maximum absolute atomic E-state index is 13.6. The second-order valence-corrected chi connectivity index (χ2v) is 6.03. The number of halogens is 1. The van der Waals surface area contributed by atoms with Crippen LogP contribution in [0.4, 0.5) is 4.39 Å². The van der Waals surface area contributed by atoms with Crippen molar-refractivity contribution in [3.8, 4) is 0 Å². The normalized spacial score (nSPS) is 17.4. The fraction of sp³-hybridized carbons (Fsp3) is 0.353. The summed E-state index contributed by atoms with van der Waals surface area (Å²) in [6.45, 7) is 5.47. The highest BCUT2D eigenvalue weighted by Crippen LogP contribution is 2.30. The van der Waals surface area contributed by atoms with Gasteiger partial charge in [0.25, 0.3) is 5.78 Å². The van der Waals surface area contributed by atoms with E-state index < -0.39 is 23.6 Å². The van der Waals surface area contributed by atoms with Crippen LogP contribution in [-0.4, -0.2) is 23.5 Å². The summed E-state index contributed by atoms with van der Waals surface area (Å²) < 4.78 is 18.4. The van der Waals surface area contributed by atoms with Crippen LogP contribution >= 0.6 is 12.2 Å². The van der Waals surface area contributed by atoms with E-state index in [-0.39, 0.29) is 18.1 Å². The summed E-state index contributed by atoms with van der Waals surface area (Å²) in [5, 5.41) is 6.19. The van der Waals surface area contributed by atoms with Crippen molar-refractivity contribution in [3.63, 3.8) is 0 Å². The molecule has 1 aliphatic heterocycles. The van der Waals surface area contributed by atoms with Crippen molar-refractivity contribution in [3.05, 3.63) is 46.9 Å². The van der Waals surface area contributed by atoms with Gasteiger partial charge < -0.3 is 15.4 Å². The highest BCUT2D eigenvalue weighted by molar-refractivity contribution is 7.80. The number of carbonyl (C=O) groups excluding carboxylic acids is 2. The maximum Gasteiger partial charge on any atom is 0.379 e. The van der Waals surface area contributed by atoms with Crippen LogP contribution in [-0.2, 0) is 14.3 Å². The number of benzene rings is 1. The molecule has 0 saturated carbocycles. The molecule has 2 rings (SSSR count). The average molecular weight is 350 g/mol. The van der Waals surface area contributed by atoms with Crippen molar-refractivity contribution in [1.82, 2.24) is 10.6 Å². The first-order chi connectivity index (χ1) is 11.3. The van der Waals surface area contributed by atoms with E-state index in [2.05, 4.69) is 10.6 Å². The highest BCUT2D eigenvalue weighted by Gasteiger charge is 2.36. The SMILES string of the molecule is CCOC(=O)C(=O)C1=C(C(C)C)NC(=S)N[C@H]1c1cccc(F)c1. The second kappa shape index (κ2) is 7.53. The zero-order valence-electron chi connectivity index (χ0n) is 13.7. The van der Waals surface area contributed by atoms with Gasteiger partial charge in [-0.05, 0) is 42.8 Å². The van der Waals surface area contributed by atoms with Crippen LogP contribution in [0.15, 0.2) is 35.5 Å². The summed E-state index contributed by atoms with van der Waals surface area (Å²) in [4.78, 5) is 24.6. The van der Waals surface area contributed by atoms with Crippen molar-refractivity contribution < 1.29 is 18.7 Å². The Morgan fingerprint density at radius 2 is 2.08 bits per heavy atom. The first-order valence-electron chi connectivity index (χ1n) is 7.63. The molecule has 128 valence electrons. The summed E-state index contributed by atoms with van der Waals surface area (Å²) in [7, 11) is 0. The number of allylic oxidation sites excluding steroid dienone is 1. The molecule has 0 aliphatic carbocycles. The van der Waals surface area contributed by atoms with E-state index in [1.807, 2.05) is 13.8 Å². The summed E-state index contributed by atoms with van der Waals surface area (Å²) in [6.07, 6.45) is 0. The molecule has 1 aliphatic rings. The molecule has 5 nitrogen and oxygen atoms in total. The second-order valence-electron chi connectivity index (χ2n) is 5.62. The number of hydrogen-bond donors (Lipinski definition) is 2. The van der Waals surface area contributed by atoms with E-state index >= 15 is 0 Å². The molecule has 0 saturated heterocycles. The average Bonchev–Trinajstić information content (AvgIpc) is 2.53. The van der Waals surface area contributed by atoms with Crippen LogP contribution in [0.5, 0.6) is 0 Å². The Balaban J connectivity index is 2.57. The predicted octanol–water partition coefficient (Wildman–Crippen LogP) is 2.39. The molecule has 0 aromatic heterocycles. The number of ether oxygens (including phenoxy) is 1. The standard InChI is InChI=1S/C17H19FN2O3S/c1-4-23-16(22)15(21)12-13(9(2)3)19-17(24)20-14(12)10-6-5-7-11(18)8-10/h5-9,14H,4H2,1-3H3,(H2,19,20,24)/t14-/m0/s1. The minimum atomic E-state index is -0.941. The maximum atomic E-state index is 13.6. The molecule has 0 radical (unpaired) electrons. The Morgan fingerprint density at radius 1 is 1.38 bits per heavy atom. The van der Waals surface area contributed by atoms with Gasteiger partial charge in [0, 0.05) is 5.70 Å². The fourth-order valence-electron chi connectivity index (χ4n) is 2.54. The number of thiocarbonyl (C=S) groups is 1. The Hall–Kier alpha value is -2.28.